The summed E-state index contributed by atoms with van der Waals surface area (Å²) in [6.07, 6.45) is 0.0758. The number of aryl methyl sites for hydroxylation is 1. The summed E-state index contributed by atoms with van der Waals surface area (Å²) >= 11 is 6.05. The number of carbonyl (C=O) groups excluding carboxylic acids is 1. The Morgan fingerprint density at radius 1 is 1.06 bits per heavy atom. The predicted octanol–water partition coefficient (Wildman–Crippen LogP) is 4.08. The van der Waals surface area contributed by atoms with Gasteiger partial charge >= 0.3 is 0 Å². The molecule has 8 heteroatoms. The van der Waals surface area contributed by atoms with Crippen molar-refractivity contribution < 1.29 is 17.9 Å². The molecule has 0 saturated heterocycles. The number of fused-ring (bicyclic) bond motifs is 1. The lowest BCUT2D eigenvalue weighted by molar-refractivity contribution is -0.128. The summed E-state index contributed by atoms with van der Waals surface area (Å²) in [6, 6.07) is 21.8. The number of sulfonamides is 1. The van der Waals surface area contributed by atoms with Gasteiger partial charge in [0.1, 0.15) is 5.75 Å². The molecular weight excluding hydrogens is 448 g/mol. The van der Waals surface area contributed by atoms with E-state index in [-0.39, 0.29) is 12.3 Å². The van der Waals surface area contributed by atoms with E-state index in [1.54, 1.807) is 12.1 Å². The number of rotatable bonds is 5. The summed E-state index contributed by atoms with van der Waals surface area (Å²) in [6.45, 7) is 1.85. The second-order valence-electron chi connectivity index (χ2n) is 7.78. The minimum atomic E-state index is -3.65. The van der Waals surface area contributed by atoms with E-state index in [0.717, 1.165) is 27.3 Å². The largest absolute Gasteiger partial charge is 0.476 e. The molecule has 166 valence electrons. The number of hydrogen-bond acceptors (Lipinski definition) is 4. The lowest BCUT2D eigenvalue weighted by Gasteiger charge is -2.34. The van der Waals surface area contributed by atoms with E-state index in [0.29, 0.717) is 10.7 Å². The van der Waals surface area contributed by atoms with Gasteiger partial charge in [0.15, 0.2) is 6.10 Å². The highest BCUT2D eigenvalue weighted by Gasteiger charge is 2.36. The Hall–Kier alpha value is -3.03. The summed E-state index contributed by atoms with van der Waals surface area (Å²) < 4.78 is 31.9. The van der Waals surface area contributed by atoms with E-state index in [1.165, 1.54) is 6.07 Å². The number of nitrogens with one attached hydrogen (secondary N) is 1. The highest BCUT2D eigenvalue weighted by molar-refractivity contribution is 7.92. The van der Waals surface area contributed by atoms with Gasteiger partial charge < -0.3 is 10.1 Å². The third-order valence-electron chi connectivity index (χ3n) is 5.31. The Morgan fingerprint density at radius 2 is 1.72 bits per heavy atom. The molecule has 1 heterocycles. The second-order valence-corrected chi connectivity index (χ2v) is 10.1. The Kier molecular flexibility index (Phi) is 6.13. The van der Waals surface area contributed by atoms with Crippen LogP contribution >= 0.6 is 11.6 Å². The molecule has 3 aromatic carbocycles. The van der Waals surface area contributed by atoms with E-state index in [1.807, 2.05) is 61.5 Å². The van der Waals surface area contributed by atoms with Gasteiger partial charge in [-0.15, -0.1) is 0 Å². The Labute approximate surface area is 192 Å². The smallest absolute Gasteiger partial charge is 0.263 e. The molecule has 32 heavy (non-hydrogen) atoms. The molecule has 0 aromatic heterocycles. The predicted molar refractivity (Wildman–Crippen MR) is 126 cm³/mol. The summed E-state index contributed by atoms with van der Waals surface area (Å²) in [5.74, 6) is -0.119. The highest BCUT2D eigenvalue weighted by Crippen LogP contribution is 2.37. The van der Waals surface area contributed by atoms with Crippen molar-refractivity contribution in [3.63, 3.8) is 0 Å². The molecule has 1 aliphatic heterocycles. The van der Waals surface area contributed by atoms with Crippen molar-refractivity contribution in [3.8, 4) is 5.75 Å². The van der Waals surface area contributed by atoms with E-state index in [2.05, 4.69) is 5.32 Å². The average Bonchev–Trinajstić information content (AvgIpc) is 2.77. The van der Waals surface area contributed by atoms with Crippen molar-refractivity contribution in [2.24, 2.45) is 0 Å². The van der Waals surface area contributed by atoms with Crippen LogP contribution in [0.4, 0.5) is 5.69 Å². The maximum Gasteiger partial charge on any atom is 0.263 e. The number of anilines is 1. The fourth-order valence-corrected chi connectivity index (χ4v) is 4.75. The number of amides is 1. The summed E-state index contributed by atoms with van der Waals surface area (Å²) in [4.78, 5) is 13.3. The van der Waals surface area contributed by atoms with Crippen molar-refractivity contribution in [1.82, 2.24) is 5.32 Å². The van der Waals surface area contributed by atoms with Crippen LogP contribution in [-0.2, 0) is 14.8 Å². The standard InChI is InChI=1S/C24H23ClN2O4S/c1-16-8-10-18(11-9-16)23(17-6-4-3-5-7-17)26-24(28)22-15-27(32(2,29)30)20-14-19(25)12-13-21(20)31-22/h3-14,22-23H,15H2,1-2H3,(H,26,28)/t22-,23-/m0/s1. The number of halogens is 1. The van der Waals surface area contributed by atoms with Crippen molar-refractivity contribution in [1.29, 1.82) is 0 Å². The van der Waals surface area contributed by atoms with Crippen LogP contribution in [0.3, 0.4) is 0 Å². The van der Waals surface area contributed by atoms with Crippen molar-refractivity contribution in [2.45, 2.75) is 19.1 Å². The normalized spacial score (nSPS) is 16.6. The van der Waals surface area contributed by atoms with Crippen LogP contribution in [-0.4, -0.2) is 33.2 Å². The fraction of sp³-hybridized carbons (Fsp3) is 0.208. The quantitative estimate of drug-likeness (QED) is 0.609. The molecular formula is C24H23ClN2O4S. The molecule has 0 fully saturated rings. The lowest BCUT2D eigenvalue weighted by Crippen LogP contribution is -2.51. The van der Waals surface area contributed by atoms with Gasteiger partial charge in [0.25, 0.3) is 5.91 Å². The van der Waals surface area contributed by atoms with Crippen LogP contribution in [0.5, 0.6) is 5.75 Å². The first-order chi connectivity index (χ1) is 15.2. The molecule has 4 rings (SSSR count). The first-order valence-corrected chi connectivity index (χ1v) is 12.3. The molecule has 0 aliphatic carbocycles. The lowest BCUT2D eigenvalue weighted by atomic mass is 9.97. The Bertz CT molecular complexity index is 1230. The zero-order chi connectivity index (χ0) is 22.9. The zero-order valence-electron chi connectivity index (χ0n) is 17.7. The molecule has 6 nitrogen and oxygen atoms in total. The van der Waals surface area contributed by atoms with Crippen molar-refractivity contribution in [3.05, 3.63) is 94.5 Å². The first-order valence-electron chi connectivity index (χ1n) is 10.1. The topological polar surface area (TPSA) is 75.7 Å². The van der Waals surface area contributed by atoms with Crippen LogP contribution in [0.1, 0.15) is 22.7 Å². The molecule has 0 unspecified atom stereocenters. The number of nitrogens with zero attached hydrogens (tertiary/aromatic N) is 1. The van der Waals surface area contributed by atoms with E-state index < -0.39 is 28.1 Å². The van der Waals surface area contributed by atoms with Gasteiger partial charge in [-0.05, 0) is 36.2 Å². The monoisotopic (exact) mass is 470 g/mol. The molecule has 2 atom stereocenters. The molecule has 0 bridgehead atoms. The third kappa shape index (κ3) is 4.74. The van der Waals surface area contributed by atoms with Gasteiger partial charge in [0, 0.05) is 5.02 Å². The number of carbonyl (C=O) groups is 1. The van der Waals surface area contributed by atoms with Crippen LogP contribution < -0.4 is 14.4 Å². The van der Waals surface area contributed by atoms with E-state index >= 15 is 0 Å². The second kappa shape index (κ2) is 8.84. The van der Waals surface area contributed by atoms with Gasteiger partial charge in [0.05, 0.1) is 24.5 Å². The minimum absolute atomic E-state index is 0.145. The van der Waals surface area contributed by atoms with Crippen LogP contribution in [0.25, 0.3) is 0 Å². The van der Waals surface area contributed by atoms with Gasteiger partial charge in [0.2, 0.25) is 10.0 Å². The van der Waals surface area contributed by atoms with Crippen LogP contribution in [0, 0.1) is 6.92 Å². The van der Waals surface area contributed by atoms with E-state index in [9.17, 15) is 13.2 Å². The van der Waals surface area contributed by atoms with Crippen LogP contribution in [0.2, 0.25) is 5.02 Å². The molecule has 0 radical (unpaired) electrons. The zero-order valence-corrected chi connectivity index (χ0v) is 19.2. The minimum Gasteiger partial charge on any atom is -0.476 e. The highest BCUT2D eigenvalue weighted by atomic mass is 35.5. The maximum atomic E-state index is 13.3. The van der Waals surface area contributed by atoms with Gasteiger partial charge in [-0.25, -0.2) is 8.42 Å². The maximum absolute atomic E-state index is 13.3. The van der Waals surface area contributed by atoms with Gasteiger partial charge in [-0.1, -0.05) is 71.8 Å². The third-order valence-corrected chi connectivity index (χ3v) is 6.70. The molecule has 0 saturated carbocycles. The number of benzene rings is 3. The average molecular weight is 471 g/mol. The molecule has 1 N–H and O–H groups in total. The van der Waals surface area contributed by atoms with Crippen molar-refractivity contribution >= 4 is 33.2 Å². The van der Waals surface area contributed by atoms with E-state index in [4.69, 9.17) is 16.3 Å². The molecule has 1 amide bonds. The molecule has 3 aromatic rings. The fourth-order valence-electron chi connectivity index (χ4n) is 3.67. The summed E-state index contributed by atoms with van der Waals surface area (Å²) in [5, 5.41) is 3.42. The Morgan fingerprint density at radius 3 is 2.38 bits per heavy atom. The molecule has 1 aliphatic rings. The summed E-state index contributed by atoms with van der Waals surface area (Å²) in [5.41, 5.74) is 3.26. The number of ether oxygens (including phenoxy) is 1. The Balaban J connectivity index is 1.65. The first kappa shape index (κ1) is 22.2. The van der Waals surface area contributed by atoms with Gasteiger partial charge in [-0.2, -0.15) is 0 Å². The van der Waals surface area contributed by atoms with Crippen molar-refractivity contribution in [2.75, 3.05) is 17.1 Å². The SMILES string of the molecule is Cc1ccc([C@@H](NC(=O)[C@@H]2CN(S(C)(=O)=O)c3cc(Cl)ccc3O2)c2ccccc2)cc1. The molecule has 0 spiro atoms. The summed E-state index contributed by atoms with van der Waals surface area (Å²) in [7, 11) is -3.65. The van der Waals surface area contributed by atoms with Crippen LogP contribution in [0.15, 0.2) is 72.8 Å². The van der Waals surface area contributed by atoms with Gasteiger partial charge in [-0.3, -0.25) is 9.10 Å². The number of hydrogen-bond donors (Lipinski definition) is 1.